The van der Waals surface area contributed by atoms with Gasteiger partial charge in [-0.1, -0.05) is 70.3 Å². The number of nitriles is 1. The van der Waals surface area contributed by atoms with Gasteiger partial charge in [0.05, 0.1) is 15.3 Å². The fourth-order valence-corrected chi connectivity index (χ4v) is 5.28. The van der Waals surface area contributed by atoms with Crippen molar-refractivity contribution in [2.75, 3.05) is 10.2 Å². The van der Waals surface area contributed by atoms with Crippen LogP contribution in [0.4, 0.5) is 11.4 Å². The van der Waals surface area contributed by atoms with Gasteiger partial charge in [0.25, 0.3) is 5.91 Å². The average Bonchev–Trinajstić information content (AvgIpc) is 3.14. The van der Waals surface area contributed by atoms with Crippen molar-refractivity contribution in [1.29, 1.82) is 5.26 Å². The first-order valence-corrected chi connectivity index (χ1v) is 12.5. The smallest absolute Gasteiger partial charge is 0.269 e. The summed E-state index contributed by atoms with van der Waals surface area (Å²) in [7, 11) is 0. The molecule has 0 saturated carbocycles. The maximum Gasteiger partial charge on any atom is 0.269 e. The second kappa shape index (κ2) is 10.8. The summed E-state index contributed by atoms with van der Waals surface area (Å²) in [6.07, 6.45) is 0.351. The number of anilines is 2. The highest BCUT2D eigenvalue weighted by Crippen LogP contribution is 2.42. The van der Waals surface area contributed by atoms with Crippen molar-refractivity contribution in [3.63, 3.8) is 0 Å². The zero-order valence-corrected chi connectivity index (χ0v) is 21.5. The molecule has 0 spiro atoms. The van der Waals surface area contributed by atoms with E-state index in [0.29, 0.717) is 32.9 Å². The van der Waals surface area contributed by atoms with Crippen molar-refractivity contribution < 1.29 is 9.59 Å². The minimum Gasteiger partial charge on any atom is -0.321 e. The number of aryl methyl sites for hydroxylation is 1. The number of thioether (sulfide) groups is 1. The molecular weight excluding hydrogens is 525 g/mol. The molecule has 35 heavy (non-hydrogen) atoms. The van der Waals surface area contributed by atoms with E-state index in [0.717, 1.165) is 11.1 Å². The maximum absolute atomic E-state index is 13.6. The van der Waals surface area contributed by atoms with Crippen molar-refractivity contribution in [1.82, 2.24) is 0 Å². The molecule has 176 valence electrons. The Labute approximate surface area is 222 Å². The van der Waals surface area contributed by atoms with Crippen LogP contribution in [0, 0.1) is 18.3 Å². The Morgan fingerprint density at radius 1 is 1.03 bits per heavy atom. The maximum atomic E-state index is 13.6. The first-order valence-electron chi connectivity index (χ1n) is 10.5. The van der Waals surface area contributed by atoms with E-state index in [9.17, 15) is 14.9 Å². The number of halogens is 3. The van der Waals surface area contributed by atoms with E-state index < -0.39 is 11.2 Å². The minimum atomic E-state index is -0.613. The molecule has 3 aromatic carbocycles. The molecule has 1 saturated heterocycles. The van der Waals surface area contributed by atoms with Crippen LogP contribution in [0.25, 0.3) is 0 Å². The van der Waals surface area contributed by atoms with Crippen LogP contribution >= 0.6 is 46.6 Å². The number of hydrogen-bond acceptors (Lipinski definition) is 4. The number of nitrogens with zero attached hydrogens (tertiary/aromatic N) is 2. The summed E-state index contributed by atoms with van der Waals surface area (Å²) in [4.78, 5) is 28.1. The lowest BCUT2D eigenvalue weighted by molar-refractivity contribution is -0.117. The molecule has 5 nitrogen and oxygen atoms in total. The van der Waals surface area contributed by atoms with Crippen LogP contribution in [0.5, 0.6) is 0 Å². The lowest BCUT2D eigenvalue weighted by atomic mass is 10.1. The predicted molar refractivity (Wildman–Crippen MR) is 143 cm³/mol. The van der Waals surface area contributed by atoms with Crippen LogP contribution in [-0.4, -0.2) is 17.1 Å². The predicted octanol–water partition coefficient (Wildman–Crippen LogP) is 7.02. The van der Waals surface area contributed by atoms with Crippen LogP contribution in [0.1, 0.15) is 11.1 Å². The zero-order chi connectivity index (χ0) is 25.1. The highest BCUT2D eigenvalue weighted by atomic mass is 35.5. The van der Waals surface area contributed by atoms with Gasteiger partial charge in [-0.2, -0.15) is 5.26 Å². The molecule has 1 aliphatic rings. The summed E-state index contributed by atoms with van der Waals surface area (Å²) in [5, 5.41) is 13.7. The molecule has 1 aliphatic heterocycles. The number of nitrogens with one attached hydrogen (secondary N) is 1. The molecule has 1 N–H and O–H groups in total. The number of benzene rings is 3. The lowest BCUT2D eigenvalue weighted by Crippen LogP contribution is -2.30. The topological polar surface area (TPSA) is 73.2 Å². The van der Waals surface area contributed by atoms with Gasteiger partial charge in [0.15, 0.2) is 0 Å². The number of carbonyl (C=O) groups is 2. The molecule has 0 unspecified atom stereocenters. The average molecular weight is 543 g/mol. The van der Waals surface area contributed by atoms with Gasteiger partial charge in [-0.05, 0) is 67.4 Å². The van der Waals surface area contributed by atoms with E-state index in [1.165, 1.54) is 16.7 Å². The zero-order valence-electron chi connectivity index (χ0n) is 18.4. The van der Waals surface area contributed by atoms with Gasteiger partial charge < -0.3 is 5.32 Å². The number of carbonyl (C=O) groups excluding carboxylic acids is 2. The molecule has 1 fully saturated rings. The summed E-state index contributed by atoms with van der Waals surface area (Å²) in [5.74, 6) is -0.843. The molecule has 2 amide bonds. The van der Waals surface area contributed by atoms with Gasteiger partial charge in [-0.25, -0.2) is 0 Å². The Kier molecular flexibility index (Phi) is 7.73. The van der Waals surface area contributed by atoms with Crippen LogP contribution in [-0.2, 0) is 16.0 Å². The van der Waals surface area contributed by atoms with Crippen molar-refractivity contribution in [3.05, 3.63) is 104 Å². The fraction of sp³-hybridized carbons (Fsp3) is 0.115. The molecule has 4 rings (SSSR count). The van der Waals surface area contributed by atoms with E-state index in [1.807, 2.05) is 25.1 Å². The molecule has 9 heteroatoms. The summed E-state index contributed by atoms with van der Waals surface area (Å²) >= 11 is 19.3. The second-order valence-electron chi connectivity index (χ2n) is 7.82. The molecule has 0 aromatic heterocycles. The first kappa shape index (κ1) is 25.2. The molecular formula is C26H18Cl3N3O2S. The van der Waals surface area contributed by atoms with Crippen LogP contribution < -0.4 is 10.2 Å². The Bertz CT molecular complexity index is 1370. The Balaban J connectivity index is 1.72. The van der Waals surface area contributed by atoms with Gasteiger partial charge in [0, 0.05) is 16.4 Å². The van der Waals surface area contributed by atoms with E-state index in [1.54, 1.807) is 54.6 Å². The number of hydrogen-bond donors (Lipinski definition) is 1. The normalized spacial score (nSPS) is 16.7. The van der Waals surface area contributed by atoms with E-state index in [2.05, 4.69) is 5.32 Å². The second-order valence-corrected chi connectivity index (χ2v) is 10.3. The highest BCUT2D eigenvalue weighted by Gasteiger charge is 2.40. The first-order chi connectivity index (χ1) is 16.8. The third-order valence-corrected chi connectivity index (χ3v) is 7.56. The van der Waals surface area contributed by atoms with Gasteiger partial charge in [-0.15, -0.1) is 0 Å². The van der Waals surface area contributed by atoms with Crippen LogP contribution in [0.15, 0.2) is 77.3 Å². The van der Waals surface area contributed by atoms with Crippen molar-refractivity contribution >= 4 is 69.8 Å². The number of rotatable bonds is 5. The highest BCUT2D eigenvalue weighted by molar-refractivity contribution is 8.05. The van der Waals surface area contributed by atoms with Crippen molar-refractivity contribution in [2.45, 2.75) is 18.6 Å². The molecule has 0 aliphatic carbocycles. The third-order valence-electron chi connectivity index (χ3n) is 5.30. The van der Waals surface area contributed by atoms with E-state index >= 15 is 0 Å². The minimum absolute atomic E-state index is 0.157. The fourth-order valence-electron chi connectivity index (χ4n) is 3.52. The van der Waals surface area contributed by atoms with Crippen LogP contribution in [0.2, 0.25) is 15.1 Å². The summed E-state index contributed by atoms with van der Waals surface area (Å²) < 4.78 is 0. The quantitative estimate of drug-likeness (QED) is 0.278. The molecule has 1 heterocycles. The molecule has 1 atom stereocenters. The Morgan fingerprint density at radius 3 is 2.34 bits per heavy atom. The van der Waals surface area contributed by atoms with Crippen molar-refractivity contribution in [2.24, 2.45) is 0 Å². The van der Waals surface area contributed by atoms with Crippen molar-refractivity contribution in [3.8, 4) is 6.07 Å². The van der Waals surface area contributed by atoms with Crippen LogP contribution in [0.3, 0.4) is 0 Å². The SMILES string of the molecule is Cc1ccc(N2C(=O)[C@@H](Cc3ccc(Cl)c(Cl)c3)S/C2=C(/C#N)C(=O)Nc2ccc(Cl)cc2)cc1. The molecule has 0 radical (unpaired) electrons. The van der Waals surface area contributed by atoms with Gasteiger partial charge in [0.1, 0.15) is 16.7 Å². The Hall–Kier alpha value is -2.95. The summed E-state index contributed by atoms with van der Waals surface area (Å²) in [5.41, 5.74) is 2.74. The van der Waals surface area contributed by atoms with Gasteiger partial charge >= 0.3 is 0 Å². The third kappa shape index (κ3) is 5.66. The Morgan fingerprint density at radius 2 is 1.71 bits per heavy atom. The number of amides is 2. The largest absolute Gasteiger partial charge is 0.321 e. The lowest BCUT2D eigenvalue weighted by Gasteiger charge is -2.19. The van der Waals surface area contributed by atoms with E-state index in [-0.39, 0.29) is 16.5 Å². The van der Waals surface area contributed by atoms with E-state index in [4.69, 9.17) is 34.8 Å². The molecule has 0 bridgehead atoms. The van der Waals surface area contributed by atoms with Gasteiger partial charge in [-0.3, -0.25) is 14.5 Å². The standard InChI is InChI=1S/C26H18Cl3N3O2S/c1-15-2-9-19(10-3-15)32-25(34)23(13-16-4-11-21(28)22(29)12-16)35-26(32)20(14-30)24(33)31-18-7-5-17(27)6-8-18/h2-12,23H,13H2,1H3,(H,31,33)/b26-20-/t23-/m1/s1. The summed E-state index contributed by atoms with van der Waals surface area (Å²) in [6, 6.07) is 21.1. The molecule has 3 aromatic rings. The summed E-state index contributed by atoms with van der Waals surface area (Å²) in [6.45, 7) is 1.94. The van der Waals surface area contributed by atoms with Gasteiger partial charge in [0.2, 0.25) is 5.91 Å². The monoisotopic (exact) mass is 541 g/mol.